The molecule has 1 aliphatic heterocycles. The third-order valence-electron chi connectivity index (χ3n) is 3.52. The molecule has 0 aliphatic carbocycles. The van der Waals surface area contributed by atoms with Crippen LogP contribution in [0.2, 0.25) is 0 Å². The number of aryl methyl sites for hydroxylation is 1. The number of thiophene rings is 1. The van der Waals surface area contributed by atoms with Gasteiger partial charge in [0.1, 0.15) is 15.9 Å². The molecule has 0 bridgehead atoms. The average molecular weight is 338 g/mol. The number of hydrogen-bond acceptors (Lipinski definition) is 6. The lowest BCUT2D eigenvalue weighted by molar-refractivity contribution is 0.581. The van der Waals surface area contributed by atoms with Crippen LogP contribution in [0, 0.1) is 6.92 Å². The van der Waals surface area contributed by atoms with Crippen LogP contribution >= 0.6 is 11.3 Å². The lowest BCUT2D eigenvalue weighted by atomic mass is 10.4. The molecule has 6 nitrogen and oxygen atoms in total. The van der Waals surface area contributed by atoms with Crippen molar-refractivity contribution in [1.82, 2.24) is 14.7 Å². The molecule has 8 heteroatoms. The van der Waals surface area contributed by atoms with Crippen LogP contribution in [0.4, 0.5) is 5.82 Å². The smallest absolute Gasteiger partial charge is 0.250 e. The molecule has 1 aliphatic rings. The standard InChI is InChI=1S/C14H18N4O2S2/c1-11-4-5-14(21-11)22(19,20)16-10-12-15-7-6-13(17-12)18-8-2-3-9-18/h4-7,16H,2-3,8-10H2,1H3. The zero-order valence-corrected chi connectivity index (χ0v) is 14.0. The van der Waals surface area contributed by atoms with Gasteiger partial charge in [-0.2, -0.15) is 0 Å². The van der Waals surface area contributed by atoms with Gasteiger partial charge in [-0.3, -0.25) is 0 Å². The topological polar surface area (TPSA) is 75.2 Å². The van der Waals surface area contributed by atoms with Crippen molar-refractivity contribution in [3.63, 3.8) is 0 Å². The largest absolute Gasteiger partial charge is 0.357 e. The Bertz CT molecular complexity index is 752. The zero-order chi connectivity index (χ0) is 15.6. The van der Waals surface area contributed by atoms with Crippen LogP contribution in [0.3, 0.4) is 0 Å². The van der Waals surface area contributed by atoms with Gasteiger partial charge in [0.05, 0.1) is 6.54 Å². The van der Waals surface area contributed by atoms with E-state index in [9.17, 15) is 8.42 Å². The van der Waals surface area contributed by atoms with E-state index in [0.717, 1.165) is 23.8 Å². The fraction of sp³-hybridized carbons (Fsp3) is 0.429. The highest BCUT2D eigenvalue weighted by atomic mass is 32.2. The first-order valence-corrected chi connectivity index (χ1v) is 9.47. The lowest BCUT2D eigenvalue weighted by Gasteiger charge is -2.16. The van der Waals surface area contributed by atoms with Gasteiger partial charge in [-0.05, 0) is 38.0 Å². The molecule has 0 spiro atoms. The van der Waals surface area contributed by atoms with Gasteiger partial charge < -0.3 is 4.90 Å². The quantitative estimate of drug-likeness (QED) is 0.901. The molecule has 3 rings (SSSR count). The number of nitrogens with zero attached hydrogens (tertiary/aromatic N) is 3. The minimum atomic E-state index is -3.49. The van der Waals surface area contributed by atoms with Crippen LogP contribution in [-0.4, -0.2) is 31.5 Å². The number of aromatic nitrogens is 2. The molecule has 0 unspecified atom stereocenters. The van der Waals surface area contributed by atoms with Crippen LogP contribution in [0.25, 0.3) is 0 Å². The third-order valence-corrected chi connectivity index (χ3v) is 6.42. The highest BCUT2D eigenvalue weighted by Crippen LogP contribution is 2.21. The van der Waals surface area contributed by atoms with Crippen molar-refractivity contribution in [3.8, 4) is 0 Å². The van der Waals surface area contributed by atoms with Gasteiger partial charge in [-0.15, -0.1) is 11.3 Å². The summed E-state index contributed by atoms with van der Waals surface area (Å²) in [5, 5.41) is 0. The van der Waals surface area contributed by atoms with Crippen LogP contribution < -0.4 is 9.62 Å². The summed E-state index contributed by atoms with van der Waals surface area (Å²) in [6.45, 7) is 3.97. The van der Waals surface area contributed by atoms with Gasteiger partial charge in [0.2, 0.25) is 10.0 Å². The molecule has 3 heterocycles. The van der Waals surface area contributed by atoms with Gasteiger partial charge in [-0.25, -0.2) is 23.1 Å². The van der Waals surface area contributed by atoms with E-state index >= 15 is 0 Å². The Kier molecular flexibility index (Phi) is 4.42. The molecule has 2 aromatic rings. The van der Waals surface area contributed by atoms with E-state index in [4.69, 9.17) is 0 Å². The molecule has 118 valence electrons. The van der Waals surface area contributed by atoms with Crippen molar-refractivity contribution in [3.05, 3.63) is 35.1 Å². The first-order chi connectivity index (χ1) is 10.5. The highest BCUT2D eigenvalue weighted by Gasteiger charge is 2.17. The van der Waals surface area contributed by atoms with Crippen LogP contribution in [0.5, 0.6) is 0 Å². The minimum absolute atomic E-state index is 0.0982. The summed E-state index contributed by atoms with van der Waals surface area (Å²) in [6.07, 6.45) is 4.02. The molecule has 0 atom stereocenters. The first-order valence-electron chi connectivity index (χ1n) is 7.17. The van der Waals surface area contributed by atoms with Crippen molar-refractivity contribution in [2.75, 3.05) is 18.0 Å². The summed E-state index contributed by atoms with van der Waals surface area (Å²) in [4.78, 5) is 11.8. The normalized spacial score (nSPS) is 15.4. The Morgan fingerprint density at radius 3 is 2.73 bits per heavy atom. The van der Waals surface area contributed by atoms with E-state index in [-0.39, 0.29) is 6.54 Å². The molecule has 1 N–H and O–H groups in total. The summed E-state index contributed by atoms with van der Waals surface area (Å²) >= 11 is 1.25. The van der Waals surface area contributed by atoms with E-state index in [1.807, 2.05) is 13.0 Å². The van der Waals surface area contributed by atoms with Gasteiger partial charge >= 0.3 is 0 Å². The number of nitrogens with one attached hydrogen (secondary N) is 1. The predicted molar refractivity (Wildman–Crippen MR) is 86.6 cm³/mol. The highest BCUT2D eigenvalue weighted by molar-refractivity contribution is 7.91. The lowest BCUT2D eigenvalue weighted by Crippen LogP contribution is -2.25. The maximum Gasteiger partial charge on any atom is 0.250 e. The maximum atomic E-state index is 12.2. The average Bonchev–Trinajstić information content (AvgIpc) is 3.17. The number of rotatable bonds is 5. The van der Waals surface area contributed by atoms with Crippen molar-refractivity contribution in [2.24, 2.45) is 0 Å². The molecular weight excluding hydrogens is 320 g/mol. The molecular formula is C14H18N4O2S2. The molecule has 1 saturated heterocycles. The van der Waals surface area contributed by atoms with Gasteiger partial charge in [0, 0.05) is 24.2 Å². The summed E-state index contributed by atoms with van der Waals surface area (Å²) in [7, 11) is -3.49. The maximum absolute atomic E-state index is 12.2. The Morgan fingerprint density at radius 1 is 1.27 bits per heavy atom. The van der Waals surface area contributed by atoms with E-state index in [0.29, 0.717) is 10.0 Å². The summed E-state index contributed by atoms with van der Waals surface area (Å²) < 4.78 is 27.3. The monoisotopic (exact) mass is 338 g/mol. The zero-order valence-electron chi connectivity index (χ0n) is 12.3. The van der Waals surface area contributed by atoms with Crippen LogP contribution in [0.15, 0.2) is 28.6 Å². The Labute approximate surface area is 134 Å². The fourth-order valence-electron chi connectivity index (χ4n) is 2.38. The van der Waals surface area contributed by atoms with E-state index < -0.39 is 10.0 Å². The predicted octanol–water partition coefficient (Wildman–Crippen LogP) is 1.93. The molecule has 2 aromatic heterocycles. The molecule has 0 saturated carbocycles. The number of sulfonamides is 1. The van der Waals surface area contributed by atoms with Crippen molar-refractivity contribution in [1.29, 1.82) is 0 Å². The Morgan fingerprint density at radius 2 is 2.05 bits per heavy atom. The second kappa shape index (κ2) is 6.31. The second-order valence-corrected chi connectivity index (χ2v) is 8.50. The number of hydrogen-bond donors (Lipinski definition) is 1. The van der Waals surface area contributed by atoms with Gasteiger partial charge in [0.25, 0.3) is 0 Å². The van der Waals surface area contributed by atoms with Gasteiger partial charge in [-0.1, -0.05) is 0 Å². The molecule has 0 aromatic carbocycles. The second-order valence-electron chi connectivity index (χ2n) is 5.21. The summed E-state index contributed by atoms with van der Waals surface area (Å²) in [5.74, 6) is 1.36. The van der Waals surface area contributed by atoms with Crippen LogP contribution in [-0.2, 0) is 16.6 Å². The number of anilines is 1. The molecule has 0 amide bonds. The first kappa shape index (κ1) is 15.4. The van der Waals surface area contributed by atoms with E-state index in [1.165, 1.54) is 24.2 Å². The minimum Gasteiger partial charge on any atom is -0.357 e. The van der Waals surface area contributed by atoms with Gasteiger partial charge in [0.15, 0.2) is 0 Å². The van der Waals surface area contributed by atoms with Crippen molar-refractivity contribution in [2.45, 2.75) is 30.5 Å². The Balaban J connectivity index is 1.69. The summed E-state index contributed by atoms with van der Waals surface area (Å²) in [6, 6.07) is 5.28. The molecule has 0 radical (unpaired) electrons. The molecule has 22 heavy (non-hydrogen) atoms. The van der Waals surface area contributed by atoms with Crippen molar-refractivity contribution >= 4 is 27.2 Å². The SMILES string of the molecule is Cc1ccc(S(=O)(=O)NCc2nccc(N3CCCC3)n2)s1. The van der Waals surface area contributed by atoms with E-state index in [2.05, 4.69) is 19.6 Å². The van der Waals surface area contributed by atoms with Crippen molar-refractivity contribution < 1.29 is 8.42 Å². The van der Waals surface area contributed by atoms with E-state index in [1.54, 1.807) is 18.3 Å². The Hall–Kier alpha value is -1.51. The molecule has 1 fully saturated rings. The van der Waals surface area contributed by atoms with Crippen LogP contribution in [0.1, 0.15) is 23.5 Å². The third kappa shape index (κ3) is 3.45. The fourth-order valence-corrected chi connectivity index (χ4v) is 4.69. The summed E-state index contributed by atoms with van der Waals surface area (Å²) in [5.41, 5.74) is 0.